The van der Waals surface area contributed by atoms with Crippen molar-refractivity contribution in [3.8, 4) is 0 Å². The largest absolute Gasteiger partial charge is 0.441 e. The van der Waals surface area contributed by atoms with Crippen LogP contribution in [0.5, 0.6) is 0 Å². The normalized spacial score (nSPS) is 10.6. The molecule has 0 bridgehead atoms. The first-order valence-corrected chi connectivity index (χ1v) is 6.35. The molecular weight excluding hydrogens is 254 g/mol. The molecule has 1 aromatic carbocycles. The summed E-state index contributed by atoms with van der Waals surface area (Å²) in [5.74, 6) is 0.479. The Labute approximate surface area is 115 Å². The zero-order valence-corrected chi connectivity index (χ0v) is 10.7. The molecular formula is C15H13N3O2. The highest BCUT2D eigenvalue weighted by molar-refractivity contribution is 5.93. The third-order valence-electron chi connectivity index (χ3n) is 2.89. The molecule has 0 aliphatic heterocycles. The van der Waals surface area contributed by atoms with Gasteiger partial charge in [-0.3, -0.25) is 9.78 Å². The second-order valence-corrected chi connectivity index (χ2v) is 4.32. The van der Waals surface area contributed by atoms with Gasteiger partial charge >= 0.3 is 0 Å². The van der Waals surface area contributed by atoms with Crippen LogP contribution in [0.1, 0.15) is 16.2 Å². The molecule has 0 aliphatic rings. The Morgan fingerprint density at radius 2 is 2.10 bits per heavy atom. The van der Waals surface area contributed by atoms with E-state index in [1.807, 2.05) is 24.3 Å². The maximum Gasteiger partial charge on any atom is 0.252 e. The third-order valence-corrected chi connectivity index (χ3v) is 2.89. The zero-order valence-electron chi connectivity index (χ0n) is 10.7. The van der Waals surface area contributed by atoms with Gasteiger partial charge in [0.25, 0.3) is 5.91 Å². The first-order chi connectivity index (χ1) is 9.83. The van der Waals surface area contributed by atoms with E-state index in [2.05, 4.69) is 15.3 Å². The second kappa shape index (κ2) is 5.52. The average Bonchev–Trinajstić information content (AvgIpc) is 2.90. The monoisotopic (exact) mass is 267 g/mol. The van der Waals surface area contributed by atoms with Gasteiger partial charge in [0.2, 0.25) is 0 Å². The van der Waals surface area contributed by atoms with Gasteiger partial charge in [0.15, 0.2) is 11.5 Å². The van der Waals surface area contributed by atoms with Gasteiger partial charge in [0, 0.05) is 25.4 Å². The summed E-state index contributed by atoms with van der Waals surface area (Å²) in [6.07, 6.45) is 3.73. The average molecular weight is 267 g/mol. The van der Waals surface area contributed by atoms with Crippen molar-refractivity contribution in [3.63, 3.8) is 0 Å². The van der Waals surface area contributed by atoms with E-state index < -0.39 is 0 Å². The van der Waals surface area contributed by atoms with Crippen LogP contribution in [0, 0.1) is 0 Å². The molecule has 1 N–H and O–H groups in total. The fourth-order valence-corrected chi connectivity index (χ4v) is 1.91. The van der Waals surface area contributed by atoms with Gasteiger partial charge in [-0.25, -0.2) is 4.98 Å². The summed E-state index contributed by atoms with van der Waals surface area (Å²) in [4.78, 5) is 20.1. The van der Waals surface area contributed by atoms with Crippen LogP contribution in [0.2, 0.25) is 0 Å². The maximum absolute atomic E-state index is 11.8. The molecule has 3 aromatic rings. The quantitative estimate of drug-likeness (QED) is 0.786. The van der Waals surface area contributed by atoms with E-state index in [0.717, 1.165) is 11.1 Å². The van der Waals surface area contributed by atoms with Crippen molar-refractivity contribution in [1.29, 1.82) is 0 Å². The number of rotatable bonds is 4. The number of carbonyl (C=O) groups excluding carboxylic acids is 1. The molecule has 3 rings (SSSR count). The number of benzene rings is 1. The molecule has 20 heavy (non-hydrogen) atoms. The molecule has 2 heterocycles. The SMILES string of the molecule is O=C(NCCc1nc2ccccc2o1)c1cccnc1. The lowest BCUT2D eigenvalue weighted by Gasteiger charge is -2.02. The maximum atomic E-state index is 11.8. The van der Waals surface area contributed by atoms with Gasteiger partial charge < -0.3 is 9.73 Å². The number of carbonyl (C=O) groups is 1. The summed E-state index contributed by atoms with van der Waals surface area (Å²) in [6.45, 7) is 0.473. The van der Waals surface area contributed by atoms with Crippen molar-refractivity contribution in [3.05, 3.63) is 60.2 Å². The van der Waals surface area contributed by atoms with Crippen LogP contribution in [0.25, 0.3) is 11.1 Å². The smallest absolute Gasteiger partial charge is 0.252 e. The predicted octanol–water partition coefficient (Wildman–Crippen LogP) is 2.20. The van der Waals surface area contributed by atoms with E-state index in [0.29, 0.717) is 24.4 Å². The molecule has 100 valence electrons. The molecule has 5 nitrogen and oxygen atoms in total. The summed E-state index contributed by atoms with van der Waals surface area (Å²) in [7, 11) is 0. The lowest BCUT2D eigenvalue weighted by Crippen LogP contribution is -2.25. The van der Waals surface area contributed by atoms with Crippen molar-refractivity contribution in [1.82, 2.24) is 15.3 Å². The van der Waals surface area contributed by atoms with Gasteiger partial charge in [-0.05, 0) is 24.3 Å². The molecule has 0 spiro atoms. The highest BCUT2D eigenvalue weighted by atomic mass is 16.3. The van der Waals surface area contributed by atoms with E-state index in [1.165, 1.54) is 6.20 Å². The zero-order chi connectivity index (χ0) is 13.8. The number of oxazole rings is 1. The van der Waals surface area contributed by atoms with E-state index in [9.17, 15) is 4.79 Å². The first-order valence-electron chi connectivity index (χ1n) is 6.35. The van der Waals surface area contributed by atoms with Gasteiger partial charge in [0.05, 0.1) is 5.56 Å². The molecule has 0 fully saturated rings. The van der Waals surface area contributed by atoms with Gasteiger partial charge in [-0.1, -0.05) is 12.1 Å². The summed E-state index contributed by atoms with van der Waals surface area (Å²) in [5, 5.41) is 2.81. The number of hydrogen-bond acceptors (Lipinski definition) is 4. The first kappa shape index (κ1) is 12.3. The number of fused-ring (bicyclic) bond motifs is 1. The van der Waals surface area contributed by atoms with E-state index in [-0.39, 0.29) is 5.91 Å². The third kappa shape index (κ3) is 2.66. The Morgan fingerprint density at radius 3 is 2.90 bits per heavy atom. The van der Waals surface area contributed by atoms with Crippen molar-refractivity contribution >= 4 is 17.0 Å². The van der Waals surface area contributed by atoms with Crippen LogP contribution in [0.3, 0.4) is 0 Å². The number of nitrogens with one attached hydrogen (secondary N) is 1. The lowest BCUT2D eigenvalue weighted by molar-refractivity contribution is 0.0953. The minimum absolute atomic E-state index is 0.144. The molecule has 0 radical (unpaired) electrons. The molecule has 0 aliphatic carbocycles. The number of pyridine rings is 1. The van der Waals surface area contributed by atoms with Crippen LogP contribution < -0.4 is 5.32 Å². The van der Waals surface area contributed by atoms with Gasteiger partial charge in [-0.2, -0.15) is 0 Å². The van der Waals surface area contributed by atoms with Crippen LogP contribution in [-0.4, -0.2) is 22.4 Å². The molecule has 0 saturated heterocycles. The van der Waals surface area contributed by atoms with Crippen molar-refractivity contribution in [2.75, 3.05) is 6.54 Å². The standard InChI is InChI=1S/C15H13N3O2/c19-15(11-4-3-8-16-10-11)17-9-7-14-18-12-5-1-2-6-13(12)20-14/h1-6,8,10H,7,9H2,(H,17,19). The predicted molar refractivity (Wildman–Crippen MR) is 74.3 cm³/mol. The Balaban J connectivity index is 1.58. The Bertz CT molecular complexity index is 689. The minimum atomic E-state index is -0.144. The summed E-state index contributed by atoms with van der Waals surface area (Å²) in [6, 6.07) is 11.0. The number of hydrogen-bond donors (Lipinski definition) is 1. The highest BCUT2D eigenvalue weighted by Crippen LogP contribution is 2.14. The highest BCUT2D eigenvalue weighted by Gasteiger charge is 2.07. The Kier molecular flexibility index (Phi) is 3.41. The fraction of sp³-hybridized carbons (Fsp3) is 0.133. The molecule has 0 atom stereocenters. The van der Waals surface area contributed by atoms with Crippen LogP contribution in [-0.2, 0) is 6.42 Å². The summed E-state index contributed by atoms with van der Waals surface area (Å²) < 4.78 is 5.58. The molecule has 5 heteroatoms. The molecule has 0 saturated carbocycles. The van der Waals surface area contributed by atoms with Crippen molar-refractivity contribution in [2.45, 2.75) is 6.42 Å². The summed E-state index contributed by atoms with van der Waals surface area (Å²) >= 11 is 0. The van der Waals surface area contributed by atoms with E-state index in [1.54, 1.807) is 18.3 Å². The number of para-hydroxylation sites is 2. The van der Waals surface area contributed by atoms with E-state index >= 15 is 0 Å². The number of nitrogens with zero attached hydrogens (tertiary/aromatic N) is 2. The summed E-state index contributed by atoms with van der Waals surface area (Å²) in [5.41, 5.74) is 2.15. The molecule has 2 aromatic heterocycles. The number of aromatic nitrogens is 2. The number of amides is 1. The second-order valence-electron chi connectivity index (χ2n) is 4.32. The van der Waals surface area contributed by atoms with Crippen molar-refractivity contribution < 1.29 is 9.21 Å². The Morgan fingerprint density at radius 1 is 1.20 bits per heavy atom. The fourth-order valence-electron chi connectivity index (χ4n) is 1.91. The lowest BCUT2D eigenvalue weighted by atomic mass is 10.2. The minimum Gasteiger partial charge on any atom is -0.441 e. The van der Waals surface area contributed by atoms with Gasteiger partial charge in [0.1, 0.15) is 5.52 Å². The van der Waals surface area contributed by atoms with Crippen molar-refractivity contribution in [2.24, 2.45) is 0 Å². The molecule has 0 unspecified atom stereocenters. The van der Waals surface area contributed by atoms with E-state index in [4.69, 9.17) is 4.42 Å². The van der Waals surface area contributed by atoms with Crippen LogP contribution >= 0.6 is 0 Å². The van der Waals surface area contributed by atoms with Crippen LogP contribution in [0.4, 0.5) is 0 Å². The Hall–Kier alpha value is -2.69. The van der Waals surface area contributed by atoms with Crippen LogP contribution in [0.15, 0.2) is 53.2 Å². The van der Waals surface area contributed by atoms with Gasteiger partial charge in [-0.15, -0.1) is 0 Å². The molecule has 1 amide bonds. The topological polar surface area (TPSA) is 68.0 Å².